The number of rotatable bonds is 3. The van der Waals surface area contributed by atoms with Crippen molar-refractivity contribution in [1.29, 1.82) is 0 Å². The maximum atomic E-state index is 2.19. The molecule has 0 atom stereocenters. The van der Waals surface area contributed by atoms with Crippen LogP contribution >= 0.6 is 0 Å². The second kappa shape index (κ2) is 4.70. The Hall–Kier alpha value is -1.24. The van der Waals surface area contributed by atoms with E-state index in [-0.39, 0.29) is 0 Å². The third-order valence-electron chi connectivity index (χ3n) is 1.86. The standard InChI is InChI=1S/C12H17N/c1-11(2)9-10-13(3)12-7-5-4-6-8-12/h4-11H,1-3H3. The minimum absolute atomic E-state index is 0.603. The minimum Gasteiger partial charge on any atom is -0.351 e. The maximum Gasteiger partial charge on any atom is 0.0403 e. The Morgan fingerprint density at radius 3 is 2.31 bits per heavy atom. The van der Waals surface area contributed by atoms with Gasteiger partial charge >= 0.3 is 0 Å². The van der Waals surface area contributed by atoms with E-state index in [1.807, 2.05) is 6.07 Å². The van der Waals surface area contributed by atoms with Gasteiger partial charge in [-0.3, -0.25) is 0 Å². The zero-order valence-corrected chi connectivity index (χ0v) is 8.57. The molecule has 0 heterocycles. The highest BCUT2D eigenvalue weighted by molar-refractivity contribution is 5.47. The van der Waals surface area contributed by atoms with Crippen molar-refractivity contribution < 1.29 is 0 Å². The number of benzene rings is 1. The van der Waals surface area contributed by atoms with E-state index in [4.69, 9.17) is 0 Å². The highest BCUT2D eigenvalue weighted by Gasteiger charge is 1.93. The largest absolute Gasteiger partial charge is 0.351 e. The van der Waals surface area contributed by atoms with Gasteiger partial charge in [0.2, 0.25) is 0 Å². The zero-order chi connectivity index (χ0) is 9.68. The lowest BCUT2D eigenvalue weighted by Gasteiger charge is -2.13. The predicted octanol–water partition coefficient (Wildman–Crippen LogP) is 3.29. The lowest BCUT2D eigenvalue weighted by atomic mass is 10.2. The summed E-state index contributed by atoms with van der Waals surface area (Å²) >= 11 is 0. The number of hydrogen-bond donors (Lipinski definition) is 0. The first-order chi connectivity index (χ1) is 6.20. The summed E-state index contributed by atoms with van der Waals surface area (Å²) in [6.07, 6.45) is 4.30. The molecule has 1 aromatic carbocycles. The van der Waals surface area contributed by atoms with Crippen LogP contribution in [0, 0.1) is 5.92 Å². The topological polar surface area (TPSA) is 3.24 Å². The van der Waals surface area contributed by atoms with Crippen molar-refractivity contribution in [3.05, 3.63) is 42.6 Å². The molecular formula is C12H17N. The van der Waals surface area contributed by atoms with E-state index in [2.05, 4.69) is 62.3 Å². The van der Waals surface area contributed by atoms with Gasteiger partial charge < -0.3 is 4.90 Å². The fourth-order valence-electron chi connectivity index (χ4n) is 1.05. The zero-order valence-electron chi connectivity index (χ0n) is 8.57. The van der Waals surface area contributed by atoms with Crippen molar-refractivity contribution in [2.24, 2.45) is 5.92 Å². The van der Waals surface area contributed by atoms with Gasteiger partial charge in [0.05, 0.1) is 0 Å². The van der Waals surface area contributed by atoms with E-state index in [1.165, 1.54) is 5.69 Å². The normalized spacial score (nSPS) is 11.1. The summed E-state index contributed by atoms with van der Waals surface area (Å²) in [6.45, 7) is 4.35. The van der Waals surface area contributed by atoms with Crippen molar-refractivity contribution in [1.82, 2.24) is 0 Å². The number of allylic oxidation sites excluding steroid dienone is 1. The van der Waals surface area contributed by atoms with Crippen LogP contribution in [-0.4, -0.2) is 7.05 Å². The molecular weight excluding hydrogens is 158 g/mol. The highest BCUT2D eigenvalue weighted by atomic mass is 15.1. The quantitative estimate of drug-likeness (QED) is 0.681. The van der Waals surface area contributed by atoms with E-state index in [0.717, 1.165) is 0 Å². The van der Waals surface area contributed by atoms with Gasteiger partial charge in [0, 0.05) is 12.7 Å². The Labute approximate surface area is 80.7 Å². The van der Waals surface area contributed by atoms with Gasteiger partial charge in [-0.15, -0.1) is 0 Å². The third-order valence-corrected chi connectivity index (χ3v) is 1.86. The minimum atomic E-state index is 0.603. The molecule has 0 bridgehead atoms. The van der Waals surface area contributed by atoms with Crippen molar-refractivity contribution in [3.63, 3.8) is 0 Å². The van der Waals surface area contributed by atoms with Gasteiger partial charge in [-0.2, -0.15) is 0 Å². The number of nitrogens with zero attached hydrogens (tertiary/aromatic N) is 1. The Bertz CT molecular complexity index is 262. The predicted molar refractivity (Wildman–Crippen MR) is 58.8 cm³/mol. The molecule has 0 aliphatic rings. The Morgan fingerprint density at radius 2 is 1.77 bits per heavy atom. The SMILES string of the molecule is CC(C)C=CN(C)c1ccccc1. The van der Waals surface area contributed by atoms with Crippen molar-refractivity contribution in [2.45, 2.75) is 13.8 Å². The van der Waals surface area contributed by atoms with Crippen LogP contribution in [0.4, 0.5) is 5.69 Å². The van der Waals surface area contributed by atoms with E-state index < -0.39 is 0 Å². The Balaban J connectivity index is 2.64. The molecule has 0 aromatic heterocycles. The summed E-state index contributed by atoms with van der Waals surface area (Å²) in [5.41, 5.74) is 1.22. The number of para-hydroxylation sites is 1. The smallest absolute Gasteiger partial charge is 0.0403 e. The van der Waals surface area contributed by atoms with E-state index in [1.54, 1.807) is 0 Å². The van der Waals surface area contributed by atoms with Crippen LogP contribution in [0.5, 0.6) is 0 Å². The molecule has 0 unspecified atom stereocenters. The molecule has 0 amide bonds. The molecule has 0 saturated heterocycles. The molecule has 0 aliphatic heterocycles. The molecule has 1 heteroatoms. The molecule has 1 rings (SSSR count). The molecule has 0 N–H and O–H groups in total. The Kier molecular flexibility index (Phi) is 3.56. The molecule has 0 saturated carbocycles. The monoisotopic (exact) mass is 175 g/mol. The average molecular weight is 175 g/mol. The van der Waals surface area contributed by atoms with Gasteiger partial charge in [-0.05, 0) is 24.3 Å². The summed E-state index contributed by atoms with van der Waals surface area (Å²) in [5, 5.41) is 0. The first-order valence-corrected chi connectivity index (χ1v) is 4.66. The maximum absolute atomic E-state index is 2.19. The lowest BCUT2D eigenvalue weighted by molar-refractivity contribution is 0.826. The van der Waals surface area contributed by atoms with Crippen LogP contribution in [0.2, 0.25) is 0 Å². The average Bonchev–Trinajstić information content (AvgIpc) is 2.15. The molecule has 70 valence electrons. The molecule has 0 fully saturated rings. The summed E-state index contributed by atoms with van der Waals surface area (Å²) < 4.78 is 0. The first-order valence-electron chi connectivity index (χ1n) is 4.66. The molecule has 0 spiro atoms. The number of hydrogen-bond acceptors (Lipinski definition) is 1. The fraction of sp³-hybridized carbons (Fsp3) is 0.333. The van der Waals surface area contributed by atoms with E-state index >= 15 is 0 Å². The van der Waals surface area contributed by atoms with Crippen LogP contribution in [0.15, 0.2) is 42.6 Å². The molecule has 1 nitrogen and oxygen atoms in total. The summed E-state index contributed by atoms with van der Waals surface area (Å²) in [4.78, 5) is 2.12. The van der Waals surface area contributed by atoms with Crippen molar-refractivity contribution in [3.8, 4) is 0 Å². The van der Waals surface area contributed by atoms with Crippen LogP contribution in [-0.2, 0) is 0 Å². The summed E-state index contributed by atoms with van der Waals surface area (Å²) in [7, 11) is 2.06. The van der Waals surface area contributed by atoms with E-state index in [9.17, 15) is 0 Å². The van der Waals surface area contributed by atoms with Crippen LogP contribution in [0.1, 0.15) is 13.8 Å². The van der Waals surface area contributed by atoms with Crippen LogP contribution in [0.25, 0.3) is 0 Å². The summed E-state index contributed by atoms with van der Waals surface area (Å²) in [5.74, 6) is 0.603. The van der Waals surface area contributed by atoms with Gasteiger partial charge in [0.1, 0.15) is 0 Å². The van der Waals surface area contributed by atoms with Crippen LogP contribution < -0.4 is 4.90 Å². The highest BCUT2D eigenvalue weighted by Crippen LogP contribution is 2.11. The molecule has 0 radical (unpaired) electrons. The second-order valence-electron chi connectivity index (χ2n) is 3.53. The van der Waals surface area contributed by atoms with E-state index in [0.29, 0.717) is 5.92 Å². The summed E-state index contributed by atoms with van der Waals surface area (Å²) in [6, 6.07) is 10.3. The molecule has 13 heavy (non-hydrogen) atoms. The lowest BCUT2D eigenvalue weighted by Crippen LogP contribution is -2.07. The Morgan fingerprint density at radius 1 is 1.15 bits per heavy atom. The molecule has 0 aliphatic carbocycles. The molecule has 1 aromatic rings. The second-order valence-corrected chi connectivity index (χ2v) is 3.53. The van der Waals surface area contributed by atoms with Crippen molar-refractivity contribution in [2.75, 3.05) is 11.9 Å². The van der Waals surface area contributed by atoms with Crippen molar-refractivity contribution >= 4 is 5.69 Å². The first kappa shape index (κ1) is 9.85. The van der Waals surface area contributed by atoms with Gasteiger partial charge in [0.15, 0.2) is 0 Å². The van der Waals surface area contributed by atoms with Gasteiger partial charge in [-0.25, -0.2) is 0 Å². The fourth-order valence-corrected chi connectivity index (χ4v) is 1.05. The third kappa shape index (κ3) is 3.32. The van der Waals surface area contributed by atoms with Gasteiger partial charge in [-0.1, -0.05) is 38.1 Å². The number of anilines is 1. The van der Waals surface area contributed by atoms with Gasteiger partial charge in [0.25, 0.3) is 0 Å². The van der Waals surface area contributed by atoms with Crippen LogP contribution in [0.3, 0.4) is 0 Å².